The van der Waals surface area contributed by atoms with E-state index in [0.29, 0.717) is 22.9 Å². The molecule has 7 nitrogen and oxygen atoms in total. The summed E-state index contributed by atoms with van der Waals surface area (Å²) in [6, 6.07) is 6.92. The van der Waals surface area contributed by atoms with Gasteiger partial charge in [0, 0.05) is 25.2 Å². The minimum atomic E-state index is -0.315. The third-order valence-electron chi connectivity index (χ3n) is 3.85. The molecule has 0 atom stereocenters. The lowest BCUT2D eigenvalue weighted by Gasteiger charge is -2.22. The van der Waals surface area contributed by atoms with Crippen LogP contribution in [-0.2, 0) is 0 Å². The molecule has 1 aromatic carbocycles. The van der Waals surface area contributed by atoms with Crippen LogP contribution in [-0.4, -0.2) is 43.2 Å². The third-order valence-corrected chi connectivity index (χ3v) is 3.85. The molecule has 0 spiro atoms. The zero-order valence-electron chi connectivity index (χ0n) is 15.8. The van der Waals surface area contributed by atoms with Gasteiger partial charge in [-0.05, 0) is 25.0 Å². The van der Waals surface area contributed by atoms with E-state index in [2.05, 4.69) is 34.0 Å². The molecule has 2 aromatic rings. The number of benzene rings is 1. The number of rotatable bonds is 9. The minimum Gasteiger partial charge on any atom is -0.497 e. The number of aromatic nitrogens is 2. The largest absolute Gasteiger partial charge is 0.497 e. The van der Waals surface area contributed by atoms with Gasteiger partial charge in [-0.25, -0.2) is 9.97 Å². The Labute approximate surface area is 154 Å². The summed E-state index contributed by atoms with van der Waals surface area (Å²) in [6.45, 7) is 6.01. The van der Waals surface area contributed by atoms with Crippen LogP contribution < -0.4 is 19.7 Å². The molecule has 0 aliphatic heterocycles. The van der Waals surface area contributed by atoms with Crippen molar-refractivity contribution in [1.82, 2.24) is 9.97 Å². The van der Waals surface area contributed by atoms with Gasteiger partial charge in [0.25, 0.3) is 5.91 Å². The standard InChI is InChI=1S/C19H26N4O3/c1-5-9-23(10-6-2)18-12-16(20-13-21-18)19(24)22-15-8-7-14(25-3)11-17(15)26-4/h7-8,11-13H,5-6,9-10H2,1-4H3,(H,22,24). The Balaban J connectivity index is 2.21. The fraction of sp³-hybridized carbons (Fsp3) is 0.421. The maximum absolute atomic E-state index is 12.6. The number of hydrogen-bond donors (Lipinski definition) is 1. The van der Waals surface area contributed by atoms with Crippen molar-refractivity contribution < 1.29 is 14.3 Å². The van der Waals surface area contributed by atoms with Crippen molar-refractivity contribution in [3.05, 3.63) is 36.3 Å². The SMILES string of the molecule is CCCN(CCC)c1cc(C(=O)Nc2ccc(OC)cc2OC)ncn1. The summed E-state index contributed by atoms with van der Waals surface area (Å²) in [4.78, 5) is 23.2. The zero-order valence-corrected chi connectivity index (χ0v) is 15.8. The van der Waals surface area contributed by atoms with Gasteiger partial charge in [0.2, 0.25) is 0 Å². The van der Waals surface area contributed by atoms with Crippen LogP contribution in [0.2, 0.25) is 0 Å². The number of anilines is 2. The molecule has 1 amide bonds. The van der Waals surface area contributed by atoms with Crippen molar-refractivity contribution in [3.63, 3.8) is 0 Å². The van der Waals surface area contributed by atoms with Crippen LogP contribution in [0.25, 0.3) is 0 Å². The number of carbonyl (C=O) groups is 1. The van der Waals surface area contributed by atoms with E-state index in [9.17, 15) is 4.79 Å². The van der Waals surface area contributed by atoms with E-state index in [4.69, 9.17) is 9.47 Å². The van der Waals surface area contributed by atoms with Crippen molar-refractivity contribution in [1.29, 1.82) is 0 Å². The van der Waals surface area contributed by atoms with Gasteiger partial charge < -0.3 is 19.7 Å². The highest BCUT2D eigenvalue weighted by atomic mass is 16.5. The molecule has 26 heavy (non-hydrogen) atoms. The first kappa shape index (κ1) is 19.5. The van der Waals surface area contributed by atoms with E-state index < -0.39 is 0 Å². The lowest BCUT2D eigenvalue weighted by Crippen LogP contribution is -2.26. The number of nitrogens with zero attached hydrogens (tertiary/aromatic N) is 3. The summed E-state index contributed by atoms with van der Waals surface area (Å²) in [5.41, 5.74) is 0.863. The number of hydrogen-bond acceptors (Lipinski definition) is 6. The molecule has 1 N–H and O–H groups in total. The van der Waals surface area contributed by atoms with Crippen molar-refractivity contribution >= 4 is 17.4 Å². The van der Waals surface area contributed by atoms with Crippen LogP contribution in [0.3, 0.4) is 0 Å². The van der Waals surface area contributed by atoms with Gasteiger partial charge in [0.1, 0.15) is 29.3 Å². The summed E-state index contributed by atoms with van der Waals surface area (Å²) < 4.78 is 10.5. The summed E-state index contributed by atoms with van der Waals surface area (Å²) in [7, 11) is 3.12. The lowest BCUT2D eigenvalue weighted by molar-refractivity contribution is 0.102. The summed E-state index contributed by atoms with van der Waals surface area (Å²) >= 11 is 0. The Kier molecular flexibility index (Phi) is 7.20. The second kappa shape index (κ2) is 9.60. The predicted molar refractivity (Wildman–Crippen MR) is 102 cm³/mol. The molecule has 0 saturated heterocycles. The van der Waals surface area contributed by atoms with Crippen LogP contribution in [0.15, 0.2) is 30.6 Å². The number of carbonyl (C=O) groups excluding carboxylic acids is 1. The molecule has 0 unspecified atom stereocenters. The van der Waals surface area contributed by atoms with Crippen LogP contribution >= 0.6 is 0 Å². The maximum Gasteiger partial charge on any atom is 0.274 e. The number of nitrogens with one attached hydrogen (secondary N) is 1. The highest BCUT2D eigenvalue weighted by Gasteiger charge is 2.15. The number of methoxy groups -OCH3 is 2. The van der Waals surface area contributed by atoms with E-state index >= 15 is 0 Å². The molecule has 7 heteroatoms. The van der Waals surface area contributed by atoms with Crippen molar-refractivity contribution in [2.75, 3.05) is 37.5 Å². The Bertz CT molecular complexity index is 730. The highest BCUT2D eigenvalue weighted by Crippen LogP contribution is 2.29. The second-order valence-electron chi connectivity index (χ2n) is 5.77. The lowest BCUT2D eigenvalue weighted by atomic mass is 10.2. The maximum atomic E-state index is 12.6. The quantitative estimate of drug-likeness (QED) is 0.741. The molecular formula is C19H26N4O3. The van der Waals surface area contributed by atoms with Gasteiger partial charge in [-0.15, -0.1) is 0 Å². The Morgan fingerprint density at radius 2 is 1.81 bits per heavy atom. The van der Waals surface area contributed by atoms with Crippen LogP contribution in [0, 0.1) is 0 Å². The Morgan fingerprint density at radius 3 is 2.42 bits per heavy atom. The number of amides is 1. The van der Waals surface area contributed by atoms with Gasteiger partial charge >= 0.3 is 0 Å². The van der Waals surface area contributed by atoms with Crippen molar-refractivity contribution in [3.8, 4) is 11.5 Å². The Morgan fingerprint density at radius 1 is 1.08 bits per heavy atom. The fourth-order valence-corrected chi connectivity index (χ4v) is 2.61. The molecule has 0 aliphatic carbocycles. The second-order valence-corrected chi connectivity index (χ2v) is 5.77. The van der Waals surface area contributed by atoms with Crippen LogP contribution in [0.5, 0.6) is 11.5 Å². The van der Waals surface area contributed by atoms with Crippen molar-refractivity contribution in [2.45, 2.75) is 26.7 Å². The first-order chi connectivity index (χ1) is 12.6. The molecule has 0 aliphatic rings. The van der Waals surface area contributed by atoms with E-state index in [1.54, 1.807) is 38.5 Å². The monoisotopic (exact) mass is 358 g/mol. The molecule has 0 bridgehead atoms. The summed E-state index contributed by atoms with van der Waals surface area (Å²) in [5.74, 6) is 1.62. The summed E-state index contributed by atoms with van der Waals surface area (Å²) in [5, 5.41) is 2.83. The van der Waals surface area contributed by atoms with E-state index in [-0.39, 0.29) is 5.91 Å². The van der Waals surface area contributed by atoms with Gasteiger partial charge in [-0.2, -0.15) is 0 Å². The average Bonchev–Trinajstić information content (AvgIpc) is 2.68. The van der Waals surface area contributed by atoms with Gasteiger partial charge in [0.15, 0.2) is 0 Å². The van der Waals surface area contributed by atoms with Crippen LogP contribution in [0.1, 0.15) is 37.2 Å². The number of ether oxygens (including phenoxy) is 2. The first-order valence-electron chi connectivity index (χ1n) is 8.73. The molecule has 2 rings (SSSR count). The van der Waals surface area contributed by atoms with Crippen molar-refractivity contribution in [2.24, 2.45) is 0 Å². The minimum absolute atomic E-state index is 0.310. The normalized spacial score (nSPS) is 10.3. The molecule has 0 radical (unpaired) electrons. The summed E-state index contributed by atoms with van der Waals surface area (Å²) in [6.07, 6.45) is 3.44. The topological polar surface area (TPSA) is 76.6 Å². The van der Waals surface area contributed by atoms with Gasteiger partial charge in [-0.3, -0.25) is 4.79 Å². The Hall–Kier alpha value is -2.83. The average molecular weight is 358 g/mol. The zero-order chi connectivity index (χ0) is 18.9. The molecular weight excluding hydrogens is 332 g/mol. The molecule has 140 valence electrons. The van der Waals surface area contributed by atoms with E-state index in [0.717, 1.165) is 31.7 Å². The van der Waals surface area contributed by atoms with Gasteiger partial charge in [-0.1, -0.05) is 13.8 Å². The smallest absolute Gasteiger partial charge is 0.274 e. The fourth-order valence-electron chi connectivity index (χ4n) is 2.61. The predicted octanol–water partition coefficient (Wildman–Crippen LogP) is 3.37. The van der Waals surface area contributed by atoms with Crippen LogP contribution in [0.4, 0.5) is 11.5 Å². The molecule has 0 saturated carbocycles. The highest BCUT2D eigenvalue weighted by molar-refractivity contribution is 6.04. The van der Waals surface area contributed by atoms with E-state index in [1.165, 1.54) is 6.33 Å². The third kappa shape index (κ3) is 4.84. The van der Waals surface area contributed by atoms with E-state index in [1.807, 2.05) is 0 Å². The molecule has 0 fully saturated rings. The first-order valence-corrected chi connectivity index (χ1v) is 8.73. The molecule has 1 aromatic heterocycles. The molecule has 1 heterocycles. The van der Waals surface area contributed by atoms with Gasteiger partial charge in [0.05, 0.1) is 19.9 Å².